The van der Waals surface area contributed by atoms with E-state index in [1.165, 1.54) is 4.90 Å². The summed E-state index contributed by atoms with van der Waals surface area (Å²) < 4.78 is 11.5. The zero-order valence-electron chi connectivity index (χ0n) is 11.3. The van der Waals surface area contributed by atoms with Crippen molar-refractivity contribution >= 4 is 27.8 Å². The molecule has 1 heterocycles. The fraction of sp³-hybridized carbons (Fsp3) is 0.429. The quantitative estimate of drug-likeness (QED) is 0.864. The summed E-state index contributed by atoms with van der Waals surface area (Å²) in [6.45, 7) is 1.01. The van der Waals surface area contributed by atoms with E-state index in [4.69, 9.17) is 14.6 Å². The van der Waals surface area contributed by atoms with Gasteiger partial charge in [0.25, 0.3) is 0 Å². The molecule has 1 fully saturated rings. The van der Waals surface area contributed by atoms with Crippen molar-refractivity contribution < 1.29 is 24.2 Å². The van der Waals surface area contributed by atoms with Crippen LogP contribution in [0.4, 0.5) is 0 Å². The molecule has 7 heteroatoms. The molecule has 1 amide bonds. The van der Waals surface area contributed by atoms with Crippen LogP contribution in [0.1, 0.15) is 6.42 Å². The molecule has 0 aliphatic carbocycles. The molecule has 114 valence electrons. The summed E-state index contributed by atoms with van der Waals surface area (Å²) in [5.41, 5.74) is 0. The number of nitrogens with zero attached hydrogens (tertiary/aromatic N) is 1. The molecule has 0 radical (unpaired) electrons. The number of rotatable bonds is 5. The van der Waals surface area contributed by atoms with Crippen LogP contribution in [0.3, 0.4) is 0 Å². The highest BCUT2D eigenvalue weighted by atomic mass is 79.9. The molecule has 1 saturated heterocycles. The number of carboxylic acid groups (broad SMARTS) is 1. The van der Waals surface area contributed by atoms with Crippen molar-refractivity contribution in [3.63, 3.8) is 0 Å². The third-order valence-electron chi connectivity index (χ3n) is 3.09. The number of amides is 1. The lowest BCUT2D eigenvalue weighted by Gasteiger charge is -2.30. The Hall–Kier alpha value is -1.60. The van der Waals surface area contributed by atoms with Crippen molar-refractivity contribution in [2.45, 2.75) is 12.5 Å². The van der Waals surface area contributed by atoms with E-state index >= 15 is 0 Å². The van der Waals surface area contributed by atoms with E-state index in [0.29, 0.717) is 12.3 Å². The van der Waals surface area contributed by atoms with Crippen LogP contribution >= 0.6 is 15.9 Å². The lowest BCUT2D eigenvalue weighted by molar-refractivity contribution is -0.159. The van der Waals surface area contributed by atoms with E-state index in [0.717, 1.165) is 4.47 Å². The van der Waals surface area contributed by atoms with E-state index < -0.39 is 12.1 Å². The van der Waals surface area contributed by atoms with Gasteiger partial charge in [-0.15, -0.1) is 0 Å². The summed E-state index contributed by atoms with van der Waals surface area (Å²) in [5, 5.41) is 8.89. The first-order valence-electron chi connectivity index (χ1n) is 6.57. The maximum absolute atomic E-state index is 12.0. The van der Waals surface area contributed by atoms with Gasteiger partial charge in [0, 0.05) is 11.0 Å². The van der Waals surface area contributed by atoms with Gasteiger partial charge in [-0.05, 0) is 24.3 Å². The maximum atomic E-state index is 12.0. The molecule has 21 heavy (non-hydrogen) atoms. The number of hydrogen-bond donors (Lipinski definition) is 1. The Balaban J connectivity index is 1.76. The van der Waals surface area contributed by atoms with Gasteiger partial charge in [0.2, 0.25) is 5.91 Å². The Morgan fingerprint density at radius 3 is 2.76 bits per heavy atom. The van der Waals surface area contributed by atoms with Gasteiger partial charge < -0.3 is 19.5 Å². The van der Waals surface area contributed by atoms with Gasteiger partial charge in [-0.2, -0.15) is 0 Å². The van der Waals surface area contributed by atoms with Crippen LogP contribution in [0.15, 0.2) is 28.7 Å². The van der Waals surface area contributed by atoms with E-state index in [2.05, 4.69) is 15.9 Å². The predicted octanol–water partition coefficient (Wildman–Crippen LogP) is 1.53. The second kappa shape index (κ2) is 7.42. The predicted molar refractivity (Wildman–Crippen MR) is 78.2 cm³/mol. The summed E-state index contributed by atoms with van der Waals surface area (Å²) in [5.74, 6) is -0.475. The standard InChI is InChI=1S/C14H16BrNO5/c15-10-1-3-11(4-2-10)20-7-5-13(17)16-6-8-21-12(9-16)14(18)19/h1-4,12H,5-9H2,(H,18,19). The Labute approximate surface area is 130 Å². The first-order valence-corrected chi connectivity index (χ1v) is 7.36. The Morgan fingerprint density at radius 2 is 2.10 bits per heavy atom. The molecule has 1 aliphatic heterocycles. The average Bonchev–Trinajstić information content (AvgIpc) is 2.49. The molecular weight excluding hydrogens is 342 g/mol. The van der Waals surface area contributed by atoms with E-state index in [9.17, 15) is 9.59 Å². The molecule has 0 spiro atoms. The maximum Gasteiger partial charge on any atom is 0.334 e. The number of hydrogen-bond acceptors (Lipinski definition) is 4. The van der Waals surface area contributed by atoms with Gasteiger partial charge in [0.05, 0.1) is 26.2 Å². The second-order valence-electron chi connectivity index (χ2n) is 4.59. The monoisotopic (exact) mass is 357 g/mol. The van der Waals surface area contributed by atoms with Crippen molar-refractivity contribution in [2.75, 3.05) is 26.3 Å². The third-order valence-corrected chi connectivity index (χ3v) is 3.62. The summed E-state index contributed by atoms with van der Waals surface area (Å²) >= 11 is 3.33. The summed E-state index contributed by atoms with van der Waals surface area (Å²) in [6, 6.07) is 7.33. The first-order chi connectivity index (χ1) is 10.1. The molecule has 1 aromatic carbocycles. The van der Waals surface area contributed by atoms with Gasteiger partial charge in [0.1, 0.15) is 5.75 Å². The van der Waals surface area contributed by atoms with E-state index in [1.807, 2.05) is 24.3 Å². The number of carbonyl (C=O) groups is 2. The van der Waals surface area contributed by atoms with Crippen LogP contribution in [0, 0.1) is 0 Å². The normalized spacial score (nSPS) is 18.3. The number of morpholine rings is 1. The molecule has 0 aromatic heterocycles. The molecule has 2 rings (SSSR count). The topological polar surface area (TPSA) is 76.1 Å². The minimum Gasteiger partial charge on any atom is -0.493 e. The van der Waals surface area contributed by atoms with Crippen molar-refractivity contribution in [3.05, 3.63) is 28.7 Å². The zero-order valence-corrected chi connectivity index (χ0v) is 12.9. The molecule has 1 aliphatic rings. The Morgan fingerprint density at radius 1 is 1.38 bits per heavy atom. The number of carbonyl (C=O) groups excluding carboxylic acids is 1. The first kappa shape index (κ1) is 15.8. The highest BCUT2D eigenvalue weighted by molar-refractivity contribution is 9.10. The minimum atomic E-state index is -1.04. The van der Waals surface area contributed by atoms with E-state index in [-0.39, 0.29) is 32.1 Å². The molecule has 1 N–H and O–H groups in total. The van der Waals surface area contributed by atoms with Gasteiger partial charge in [-0.1, -0.05) is 15.9 Å². The smallest absolute Gasteiger partial charge is 0.334 e. The van der Waals surface area contributed by atoms with Gasteiger partial charge in [0.15, 0.2) is 6.10 Å². The highest BCUT2D eigenvalue weighted by Crippen LogP contribution is 2.16. The lowest BCUT2D eigenvalue weighted by atomic mass is 10.2. The number of halogens is 1. The van der Waals surface area contributed by atoms with Crippen molar-refractivity contribution in [2.24, 2.45) is 0 Å². The number of aliphatic carboxylic acids is 1. The number of carboxylic acids is 1. The average molecular weight is 358 g/mol. The summed E-state index contributed by atoms with van der Waals surface area (Å²) in [6.07, 6.45) is -0.724. The van der Waals surface area contributed by atoms with Crippen molar-refractivity contribution in [1.29, 1.82) is 0 Å². The SMILES string of the molecule is O=C(O)C1CN(C(=O)CCOc2ccc(Br)cc2)CCO1. The molecule has 0 saturated carbocycles. The lowest BCUT2D eigenvalue weighted by Crippen LogP contribution is -2.48. The zero-order chi connectivity index (χ0) is 15.2. The molecule has 1 aromatic rings. The van der Waals surface area contributed by atoms with E-state index in [1.54, 1.807) is 0 Å². The minimum absolute atomic E-state index is 0.0897. The molecule has 1 atom stereocenters. The van der Waals surface area contributed by atoms with Crippen LogP contribution in [0.5, 0.6) is 5.75 Å². The van der Waals surface area contributed by atoms with Gasteiger partial charge in [-0.25, -0.2) is 4.79 Å². The largest absolute Gasteiger partial charge is 0.493 e. The molecular formula is C14H16BrNO5. The van der Waals surface area contributed by atoms with Gasteiger partial charge >= 0.3 is 5.97 Å². The summed E-state index contributed by atoms with van der Waals surface area (Å²) in [7, 11) is 0. The summed E-state index contributed by atoms with van der Waals surface area (Å²) in [4.78, 5) is 24.4. The molecule has 0 bridgehead atoms. The molecule has 1 unspecified atom stereocenters. The fourth-order valence-corrected chi connectivity index (χ4v) is 2.23. The Bertz CT molecular complexity index is 505. The van der Waals surface area contributed by atoms with Crippen molar-refractivity contribution in [1.82, 2.24) is 4.90 Å². The van der Waals surface area contributed by atoms with Crippen LogP contribution in [0.2, 0.25) is 0 Å². The van der Waals surface area contributed by atoms with Gasteiger partial charge in [-0.3, -0.25) is 4.79 Å². The van der Waals surface area contributed by atoms with Crippen LogP contribution in [-0.4, -0.2) is 54.3 Å². The van der Waals surface area contributed by atoms with Crippen LogP contribution in [-0.2, 0) is 14.3 Å². The number of ether oxygens (including phenoxy) is 2. The third kappa shape index (κ3) is 4.71. The number of benzene rings is 1. The van der Waals surface area contributed by atoms with Crippen molar-refractivity contribution in [3.8, 4) is 5.75 Å². The van der Waals surface area contributed by atoms with Crippen LogP contribution in [0.25, 0.3) is 0 Å². The van der Waals surface area contributed by atoms with Crippen LogP contribution < -0.4 is 4.74 Å². The Kier molecular flexibility index (Phi) is 5.58. The molecule has 6 nitrogen and oxygen atoms in total. The second-order valence-corrected chi connectivity index (χ2v) is 5.51. The highest BCUT2D eigenvalue weighted by Gasteiger charge is 2.28. The fourth-order valence-electron chi connectivity index (χ4n) is 1.97.